The first kappa shape index (κ1) is 27.8. The summed E-state index contributed by atoms with van der Waals surface area (Å²) < 4.78 is 11.6. The Morgan fingerprint density at radius 1 is 1.02 bits per heavy atom. The van der Waals surface area contributed by atoms with Crippen LogP contribution in [-0.4, -0.2) is 41.3 Å². The van der Waals surface area contributed by atoms with Gasteiger partial charge in [0.25, 0.3) is 0 Å². The molecule has 2 heterocycles. The molecule has 7 nitrogen and oxygen atoms in total. The van der Waals surface area contributed by atoms with Crippen molar-refractivity contribution in [2.45, 2.75) is 70.3 Å². The second-order valence-corrected chi connectivity index (χ2v) is 11.0. The largest absolute Gasteiger partial charge is 0.489 e. The van der Waals surface area contributed by atoms with E-state index < -0.39 is 5.97 Å². The smallest absolute Gasteiger partial charge is 0.303 e. The van der Waals surface area contributed by atoms with Gasteiger partial charge in [-0.2, -0.15) is 0 Å². The maximum Gasteiger partial charge on any atom is 0.303 e. The SMILES string of the molecule is Cc1c(CCC(=O)O)cccc1NC(=O)[C@@H](c1ccc(-c2cncc(OC3CCOCC3)c2)cc1)C1CCCC1. The van der Waals surface area contributed by atoms with Crippen molar-refractivity contribution in [2.75, 3.05) is 18.5 Å². The number of carbonyl (C=O) groups excluding carboxylic acids is 1. The summed E-state index contributed by atoms with van der Waals surface area (Å²) in [7, 11) is 0. The van der Waals surface area contributed by atoms with Crippen LogP contribution in [0.15, 0.2) is 60.9 Å². The van der Waals surface area contributed by atoms with Gasteiger partial charge in [0.2, 0.25) is 5.91 Å². The molecule has 1 saturated heterocycles. The molecule has 2 N–H and O–H groups in total. The number of amides is 1. The number of ether oxygens (including phenoxy) is 2. The molecule has 40 heavy (non-hydrogen) atoms. The predicted octanol–water partition coefficient (Wildman–Crippen LogP) is 6.54. The number of anilines is 1. The van der Waals surface area contributed by atoms with E-state index in [1.165, 1.54) is 0 Å². The molecule has 1 aromatic heterocycles. The summed E-state index contributed by atoms with van der Waals surface area (Å²) in [6, 6.07) is 16.0. The molecule has 0 radical (unpaired) electrons. The summed E-state index contributed by atoms with van der Waals surface area (Å²) >= 11 is 0. The van der Waals surface area contributed by atoms with E-state index in [9.17, 15) is 9.59 Å². The number of nitrogens with one attached hydrogen (secondary N) is 1. The Labute approximate surface area is 235 Å². The van der Waals surface area contributed by atoms with E-state index >= 15 is 0 Å². The lowest BCUT2D eigenvalue weighted by Gasteiger charge is -2.24. The van der Waals surface area contributed by atoms with Crippen molar-refractivity contribution in [2.24, 2.45) is 5.92 Å². The van der Waals surface area contributed by atoms with E-state index in [1.54, 1.807) is 6.20 Å². The molecule has 7 heteroatoms. The maximum atomic E-state index is 13.8. The van der Waals surface area contributed by atoms with Gasteiger partial charge in [-0.1, -0.05) is 49.2 Å². The molecule has 2 fully saturated rings. The van der Waals surface area contributed by atoms with Gasteiger partial charge in [-0.15, -0.1) is 0 Å². The summed E-state index contributed by atoms with van der Waals surface area (Å²) in [6.07, 6.45) is 10.4. The quantitative estimate of drug-likeness (QED) is 0.302. The van der Waals surface area contributed by atoms with Crippen molar-refractivity contribution in [3.63, 3.8) is 0 Å². The number of carboxylic acids is 1. The molecule has 0 spiro atoms. The number of pyridine rings is 1. The molecule has 2 aromatic carbocycles. The zero-order valence-electron chi connectivity index (χ0n) is 23.1. The lowest BCUT2D eigenvalue weighted by Crippen LogP contribution is -2.27. The van der Waals surface area contributed by atoms with Crippen LogP contribution in [0.3, 0.4) is 0 Å². The Kier molecular flexibility index (Phi) is 9.12. The average molecular weight is 543 g/mol. The fourth-order valence-electron chi connectivity index (χ4n) is 5.98. The van der Waals surface area contributed by atoms with Crippen molar-refractivity contribution >= 4 is 17.6 Å². The Balaban J connectivity index is 1.33. The number of carboxylic acid groups (broad SMARTS) is 1. The normalized spacial score (nSPS) is 16.9. The molecule has 1 saturated carbocycles. The van der Waals surface area contributed by atoms with E-state index in [1.807, 2.05) is 37.4 Å². The number of nitrogens with zero attached hydrogens (tertiary/aromatic N) is 1. The number of aromatic nitrogens is 1. The van der Waals surface area contributed by atoms with Crippen molar-refractivity contribution in [1.29, 1.82) is 0 Å². The van der Waals surface area contributed by atoms with Crippen LogP contribution in [0, 0.1) is 12.8 Å². The standard InChI is InChI=1S/C33H38N2O5/c1-22-23(13-14-31(36)37)7-4-8-30(22)35-33(38)32(25-5-2-3-6-25)26-11-9-24(10-12-26)27-19-29(21-34-20-27)40-28-15-17-39-18-16-28/h4,7-12,19-21,25,28,32H,2-3,5-6,13-18H2,1H3,(H,35,38)(H,36,37)/t32-/m1/s1. The van der Waals surface area contributed by atoms with Gasteiger partial charge < -0.3 is 19.9 Å². The lowest BCUT2D eigenvalue weighted by atomic mass is 9.83. The summed E-state index contributed by atoms with van der Waals surface area (Å²) in [4.78, 5) is 29.3. The molecule has 3 aromatic rings. The summed E-state index contributed by atoms with van der Waals surface area (Å²) in [5, 5.41) is 12.3. The summed E-state index contributed by atoms with van der Waals surface area (Å²) in [5.74, 6) is -0.0311. The molecule has 1 aliphatic heterocycles. The summed E-state index contributed by atoms with van der Waals surface area (Å²) in [5.41, 5.74) is 5.63. The number of carbonyl (C=O) groups is 2. The number of aryl methyl sites for hydroxylation is 1. The lowest BCUT2D eigenvalue weighted by molar-refractivity contribution is -0.137. The Morgan fingerprint density at radius 3 is 2.50 bits per heavy atom. The molecule has 5 rings (SSSR count). The van der Waals surface area contributed by atoms with Crippen LogP contribution in [0.2, 0.25) is 0 Å². The topological polar surface area (TPSA) is 97.8 Å². The van der Waals surface area contributed by atoms with Crippen molar-refractivity contribution in [3.05, 3.63) is 77.6 Å². The minimum atomic E-state index is -0.826. The zero-order valence-corrected chi connectivity index (χ0v) is 23.1. The Hall–Kier alpha value is -3.71. The second-order valence-electron chi connectivity index (χ2n) is 11.0. The van der Waals surface area contributed by atoms with E-state index in [4.69, 9.17) is 14.6 Å². The monoisotopic (exact) mass is 542 g/mol. The van der Waals surface area contributed by atoms with Crippen LogP contribution in [0.1, 0.15) is 67.6 Å². The van der Waals surface area contributed by atoms with E-state index in [0.717, 1.165) is 91.0 Å². The van der Waals surface area contributed by atoms with E-state index in [0.29, 0.717) is 12.3 Å². The first-order chi connectivity index (χ1) is 19.5. The van der Waals surface area contributed by atoms with Crippen molar-refractivity contribution in [3.8, 4) is 16.9 Å². The van der Waals surface area contributed by atoms with Gasteiger partial charge in [-0.3, -0.25) is 14.6 Å². The molecule has 2 aliphatic rings. The zero-order chi connectivity index (χ0) is 27.9. The van der Waals surface area contributed by atoms with Crippen LogP contribution in [0.5, 0.6) is 5.75 Å². The predicted molar refractivity (Wildman–Crippen MR) is 155 cm³/mol. The Bertz CT molecular complexity index is 1310. The molecule has 1 aliphatic carbocycles. The van der Waals surface area contributed by atoms with Crippen LogP contribution in [0.4, 0.5) is 5.69 Å². The Morgan fingerprint density at radius 2 is 1.77 bits per heavy atom. The molecule has 0 bridgehead atoms. The van der Waals surface area contributed by atoms with Gasteiger partial charge in [0.1, 0.15) is 11.9 Å². The van der Waals surface area contributed by atoms with Gasteiger partial charge in [-0.05, 0) is 66.5 Å². The van der Waals surface area contributed by atoms with E-state index in [-0.39, 0.29) is 24.3 Å². The van der Waals surface area contributed by atoms with Gasteiger partial charge in [0.05, 0.1) is 25.3 Å². The average Bonchev–Trinajstić information content (AvgIpc) is 3.49. The highest BCUT2D eigenvalue weighted by Crippen LogP contribution is 2.39. The van der Waals surface area contributed by atoms with Crippen molar-refractivity contribution < 1.29 is 24.2 Å². The highest BCUT2D eigenvalue weighted by atomic mass is 16.5. The number of aliphatic carboxylic acids is 1. The minimum absolute atomic E-state index is 0.00772. The molecule has 1 atom stereocenters. The molecule has 210 valence electrons. The first-order valence-corrected chi connectivity index (χ1v) is 14.4. The maximum absolute atomic E-state index is 13.8. The number of rotatable bonds is 10. The van der Waals surface area contributed by atoms with Crippen LogP contribution < -0.4 is 10.1 Å². The molecular weight excluding hydrogens is 504 g/mol. The third kappa shape index (κ3) is 6.89. The first-order valence-electron chi connectivity index (χ1n) is 14.4. The van der Waals surface area contributed by atoms with Crippen molar-refractivity contribution in [1.82, 2.24) is 4.98 Å². The molecular formula is C33H38N2O5. The third-order valence-corrected chi connectivity index (χ3v) is 8.25. The van der Waals surface area contributed by atoms with Crippen LogP contribution in [-0.2, 0) is 20.7 Å². The second kappa shape index (κ2) is 13.1. The van der Waals surface area contributed by atoms with Crippen LogP contribution in [0.25, 0.3) is 11.1 Å². The van der Waals surface area contributed by atoms with Gasteiger partial charge >= 0.3 is 5.97 Å². The fourth-order valence-corrected chi connectivity index (χ4v) is 5.98. The van der Waals surface area contributed by atoms with Crippen LogP contribution >= 0.6 is 0 Å². The number of hydrogen-bond donors (Lipinski definition) is 2. The third-order valence-electron chi connectivity index (χ3n) is 8.25. The molecule has 0 unspecified atom stereocenters. The minimum Gasteiger partial charge on any atom is -0.489 e. The number of benzene rings is 2. The van der Waals surface area contributed by atoms with Gasteiger partial charge in [0.15, 0.2) is 0 Å². The molecule has 1 amide bonds. The highest BCUT2D eigenvalue weighted by molar-refractivity contribution is 5.97. The fraction of sp³-hybridized carbons (Fsp3) is 0.424. The van der Waals surface area contributed by atoms with E-state index in [2.05, 4.69) is 34.6 Å². The highest BCUT2D eigenvalue weighted by Gasteiger charge is 2.32. The number of hydrogen-bond acceptors (Lipinski definition) is 5. The van der Waals surface area contributed by atoms with Gasteiger partial charge in [0, 0.05) is 36.7 Å². The van der Waals surface area contributed by atoms with Gasteiger partial charge in [-0.25, -0.2) is 0 Å². The summed E-state index contributed by atoms with van der Waals surface area (Å²) in [6.45, 7) is 3.40.